The van der Waals surface area contributed by atoms with E-state index in [2.05, 4.69) is 27.2 Å². The van der Waals surface area contributed by atoms with Gasteiger partial charge in [0.2, 0.25) is 0 Å². The average Bonchev–Trinajstić information content (AvgIpc) is 2.68. The van der Waals surface area contributed by atoms with E-state index < -0.39 is 0 Å². The highest BCUT2D eigenvalue weighted by atomic mass is 15.3. The Bertz CT molecular complexity index is 397. The fraction of sp³-hybridized carbons (Fsp3) is 0.692. The van der Waals surface area contributed by atoms with Crippen molar-refractivity contribution in [2.24, 2.45) is 5.84 Å². The third-order valence-electron chi connectivity index (χ3n) is 3.52. The first-order valence-corrected chi connectivity index (χ1v) is 6.85. The minimum Gasteiger partial charge on any atom is -0.356 e. The van der Waals surface area contributed by atoms with Crippen molar-refractivity contribution in [3.63, 3.8) is 0 Å². The fourth-order valence-electron chi connectivity index (χ4n) is 2.44. The zero-order chi connectivity index (χ0) is 13.0. The van der Waals surface area contributed by atoms with E-state index in [0.29, 0.717) is 0 Å². The number of rotatable bonds is 3. The molecule has 1 fully saturated rings. The van der Waals surface area contributed by atoms with Gasteiger partial charge in [-0.15, -0.1) is 0 Å². The van der Waals surface area contributed by atoms with E-state index in [4.69, 9.17) is 5.84 Å². The summed E-state index contributed by atoms with van der Waals surface area (Å²) in [4.78, 5) is 11.5. The van der Waals surface area contributed by atoms with Crippen LogP contribution < -0.4 is 16.2 Å². The van der Waals surface area contributed by atoms with Crippen LogP contribution in [0.4, 0.5) is 11.6 Å². The number of hydrazine groups is 1. The third kappa shape index (κ3) is 2.72. The maximum atomic E-state index is 5.54. The van der Waals surface area contributed by atoms with Crippen LogP contribution >= 0.6 is 0 Å². The van der Waals surface area contributed by atoms with E-state index >= 15 is 0 Å². The van der Waals surface area contributed by atoms with Crippen molar-refractivity contribution in [1.82, 2.24) is 9.97 Å². The van der Waals surface area contributed by atoms with E-state index in [1.807, 2.05) is 6.92 Å². The van der Waals surface area contributed by atoms with E-state index in [9.17, 15) is 0 Å². The van der Waals surface area contributed by atoms with Crippen LogP contribution in [0.3, 0.4) is 0 Å². The number of aryl methyl sites for hydroxylation is 1. The molecule has 5 nitrogen and oxygen atoms in total. The highest BCUT2D eigenvalue weighted by Crippen LogP contribution is 2.25. The molecule has 0 saturated carbocycles. The molecular formula is C13H23N5. The zero-order valence-corrected chi connectivity index (χ0v) is 11.4. The predicted molar refractivity (Wildman–Crippen MR) is 74.6 cm³/mol. The van der Waals surface area contributed by atoms with Gasteiger partial charge in [-0.25, -0.2) is 15.8 Å². The second-order valence-corrected chi connectivity index (χ2v) is 4.84. The Kier molecular flexibility index (Phi) is 4.36. The number of nitrogens with one attached hydrogen (secondary N) is 1. The molecule has 2 rings (SSSR count). The van der Waals surface area contributed by atoms with Gasteiger partial charge in [-0.2, -0.15) is 0 Å². The summed E-state index contributed by atoms with van der Waals surface area (Å²) in [5, 5.41) is 0. The summed E-state index contributed by atoms with van der Waals surface area (Å²) in [6.45, 7) is 6.28. The summed E-state index contributed by atoms with van der Waals surface area (Å²) < 4.78 is 0. The molecule has 3 N–H and O–H groups in total. The molecule has 100 valence electrons. The highest BCUT2D eigenvalue weighted by Gasteiger charge is 2.17. The maximum Gasteiger partial charge on any atom is 0.148 e. The van der Waals surface area contributed by atoms with Crippen LogP contribution in [-0.4, -0.2) is 23.1 Å². The van der Waals surface area contributed by atoms with Crippen molar-refractivity contribution in [2.75, 3.05) is 23.4 Å². The van der Waals surface area contributed by atoms with Crippen molar-refractivity contribution in [2.45, 2.75) is 46.0 Å². The lowest BCUT2D eigenvalue weighted by molar-refractivity contribution is 0.726. The lowest BCUT2D eigenvalue weighted by Crippen LogP contribution is -2.27. The van der Waals surface area contributed by atoms with Gasteiger partial charge in [-0.05, 0) is 19.8 Å². The van der Waals surface area contributed by atoms with Gasteiger partial charge in [0.05, 0.1) is 0 Å². The number of nitrogen functional groups attached to an aromatic ring is 1. The van der Waals surface area contributed by atoms with Crippen molar-refractivity contribution in [3.05, 3.63) is 11.4 Å². The number of hydrogen-bond donors (Lipinski definition) is 2. The molecule has 1 aromatic rings. The molecule has 0 bridgehead atoms. The Morgan fingerprint density at radius 2 is 1.83 bits per heavy atom. The first-order chi connectivity index (χ1) is 8.76. The third-order valence-corrected chi connectivity index (χ3v) is 3.52. The lowest BCUT2D eigenvalue weighted by atomic mass is 10.2. The molecule has 0 spiro atoms. The van der Waals surface area contributed by atoms with Gasteiger partial charge >= 0.3 is 0 Å². The lowest BCUT2D eigenvalue weighted by Gasteiger charge is -2.24. The summed E-state index contributed by atoms with van der Waals surface area (Å²) >= 11 is 0. The van der Waals surface area contributed by atoms with Crippen LogP contribution in [0, 0.1) is 6.92 Å². The summed E-state index contributed by atoms with van der Waals surface area (Å²) in [5.74, 6) is 8.20. The molecule has 1 aromatic heterocycles. The molecule has 18 heavy (non-hydrogen) atoms. The SMILES string of the molecule is CCc1nc(NN)c(C)c(N2CCCCCC2)n1. The summed E-state index contributed by atoms with van der Waals surface area (Å²) in [6, 6.07) is 0. The first kappa shape index (κ1) is 13.1. The van der Waals surface area contributed by atoms with Crippen molar-refractivity contribution < 1.29 is 0 Å². The maximum absolute atomic E-state index is 5.54. The Morgan fingerprint density at radius 1 is 1.17 bits per heavy atom. The fourth-order valence-corrected chi connectivity index (χ4v) is 2.44. The molecule has 0 unspecified atom stereocenters. The van der Waals surface area contributed by atoms with Gasteiger partial charge in [-0.1, -0.05) is 19.8 Å². The second-order valence-electron chi connectivity index (χ2n) is 4.84. The second kappa shape index (κ2) is 6.00. The number of hydrogen-bond acceptors (Lipinski definition) is 5. The zero-order valence-electron chi connectivity index (χ0n) is 11.4. The largest absolute Gasteiger partial charge is 0.356 e. The molecule has 0 atom stereocenters. The van der Waals surface area contributed by atoms with Gasteiger partial charge in [0.1, 0.15) is 17.5 Å². The monoisotopic (exact) mass is 249 g/mol. The van der Waals surface area contributed by atoms with E-state index in [0.717, 1.165) is 42.5 Å². The molecule has 1 saturated heterocycles. The normalized spacial score (nSPS) is 16.5. The average molecular weight is 249 g/mol. The van der Waals surface area contributed by atoms with Gasteiger partial charge in [-0.3, -0.25) is 0 Å². The Labute approximate surface area is 109 Å². The number of nitrogens with zero attached hydrogens (tertiary/aromatic N) is 3. The molecule has 5 heteroatoms. The van der Waals surface area contributed by atoms with Crippen molar-refractivity contribution in [1.29, 1.82) is 0 Å². The van der Waals surface area contributed by atoms with Gasteiger partial charge < -0.3 is 10.3 Å². The molecule has 1 aliphatic rings. The van der Waals surface area contributed by atoms with Crippen molar-refractivity contribution >= 4 is 11.6 Å². The van der Waals surface area contributed by atoms with Crippen LogP contribution in [0.15, 0.2) is 0 Å². The minimum atomic E-state index is 0.751. The van der Waals surface area contributed by atoms with E-state index in [-0.39, 0.29) is 0 Å². The molecule has 0 aliphatic carbocycles. The first-order valence-electron chi connectivity index (χ1n) is 6.85. The topological polar surface area (TPSA) is 67.1 Å². The summed E-state index contributed by atoms with van der Waals surface area (Å²) in [6.07, 6.45) is 5.97. The van der Waals surface area contributed by atoms with E-state index in [1.165, 1.54) is 25.7 Å². The van der Waals surface area contributed by atoms with Crippen LogP contribution in [0.5, 0.6) is 0 Å². The molecule has 0 radical (unpaired) electrons. The van der Waals surface area contributed by atoms with Crippen LogP contribution in [0.2, 0.25) is 0 Å². The van der Waals surface area contributed by atoms with Gasteiger partial charge in [0.15, 0.2) is 0 Å². The predicted octanol–water partition coefficient (Wildman–Crippen LogP) is 2.01. The highest BCUT2D eigenvalue weighted by molar-refractivity contribution is 5.58. The molecule has 1 aliphatic heterocycles. The summed E-state index contributed by atoms with van der Waals surface area (Å²) in [7, 11) is 0. The van der Waals surface area contributed by atoms with Crippen molar-refractivity contribution in [3.8, 4) is 0 Å². The Hall–Kier alpha value is -1.36. The van der Waals surface area contributed by atoms with Gasteiger partial charge in [0.25, 0.3) is 0 Å². The molecule has 0 amide bonds. The summed E-state index contributed by atoms with van der Waals surface area (Å²) in [5.41, 5.74) is 3.74. The number of anilines is 2. The Morgan fingerprint density at radius 3 is 2.39 bits per heavy atom. The van der Waals surface area contributed by atoms with Crippen LogP contribution in [0.25, 0.3) is 0 Å². The Balaban J connectivity index is 2.34. The van der Waals surface area contributed by atoms with Crippen LogP contribution in [-0.2, 0) is 6.42 Å². The van der Waals surface area contributed by atoms with E-state index in [1.54, 1.807) is 0 Å². The standard InChI is InChI=1S/C13H23N5/c1-3-11-15-12(17-14)10(2)13(16-11)18-8-6-4-5-7-9-18/h3-9,14H2,1-2H3,(H,15,16,17). The molecule has 0 aromatic carbocycles. The van der Waals surface area contributed by atoms with Gasteiger partial charge in [0, 0.05) is 25.1 Å². The number of aromatic nitrogens is 2. The molecule has 2 heterocycles. The molecular weight excluding hydrogens is 226 g/mol. The van der Waals surface area contributed by atoms with Crippen LogP contribution in [0.1, 0.15) is 44.0 Å². The smallest absolute Gasteiger partial charge is 0.148 e. The quantitative estimate of drug-likeness (QED) is 0.633. The number of nitrogens with two attached hydrogens (primary N) is 1. The minimum absolute atomic E-state index is 0.751.